The molecule has 3 rings (SSSR count). The number of piperazine rings is 1. The van der Waals surface area contributed by atoms with Gasteiger partial charge in [0, 0.05) is 37.7 Å². The summed E-state index contributed by atoms with van der Waals surface area (Å²) in [6.45, 7) is 4.87. The van der Waals surface area contributed by atoms with Gasteiger partial charge in [0.15, 0.2) is 11.6 Å². The van der Waals surface area contributed by atoms with Crippen LogP contribution < -0.4 is 9.47 Å². The van der Waals surface area contributed by atoms with Crippen LogP contribution in [0.3, 0.4) is 0 Å². The molecule has 0 aliphatic carbocycles. The molecule has 0 unspecified atom stereocenters. The Hall–Kier alpha value is -2.72. The molecular formula is C24H30F2N2O5S. The van der Waals surface area contributed by atoms with Gasteiger partial charge in [0.05, 0.1) is 18.6 Å². The summed E-state index contributed by atoms with van der Waals surface area (Å²) < 4.78 is 64.3. The quantitative estimate of drug-likeness (QED) is 0.495. The molecule has 7 nitrogen and oxygen atoms in total. The molecule has 34 heavy (non-hydrogen) atoms. The SMILES string of the molecule is COc1ccc(S(=O)(=O)N2CCN(C(=O)C(C)(C)CCCOc3ccc(F)cc3F)CC2)cc1. The van der Waals surface area contributed by atoms with E-state index in [-0.39, 0.29) is 36.2 Å². The van der Waals surface area contributed by atoms with E-state index in [0.29, 0.717) is 31.7 Å². The van der Waals surface area contributed by atoms with Gasteiger partial charge in [-0.2, -0.15) is 4.31 Å². The molecule has 0 aromatic heterocycles. The van der Waals surface area contributed by atoms with Crippen LogP contribution in [0.15, 0.2) is 47.4 Å². The van der Waals surface area contributed by atoms with Crippen LogP contribution in [0, 0.1) is 17.0 Å². The molecule has 1 heterocycles. The smallest absolute Gasteiger partial charge is 0.243 e. The van der Waals surface area contributed by atoms with E-state index in [9.17, 15) is 22.0 Å². The summed E-state index contributed by atoms with van der Waals surface area (Å²) in [5.41, 5.74) is -0.693. The Morgan fingerprint density at radius 2 is 1.68 bits per heavy atom. The highest BCUT2D eigenvalue weighted by Crippen LogP contribution is 2.28. The van der Waals surface area contributed by atoms with E-state index in [1.54, 1.807) is 17.0 Å². The van der Waals surface area contributed by atoms with Gasteiger partial charge in [-0.05, 0) is 49.2 Å². The lowest BCUT2D eigenvalue weighted by Crippen LogP contribution is -2.53. The molecule has 0 bridgehead atoms. The van der Waals surface area contributed by atoms with Gasteiger partial charge in [-0.15, -0.1) is 0 Å². The van der Waals surface area contributed by atoms with E-state index in [1.807, 2.05) is 13.8 Å². The second-order valence-electron chi connectivity index (χ2n) is 8.78. The summed E-state index contributed by atoms with van der Waals surface area (Å²) in [5.74, 6) is -0.960. The molecule has 2 aromatic carbocycles. The molecule has 0 spiro atoms. The molecule has 1 aliphatic heterocycles. The molecule has 0 N–H and O–H groups in total. The van der Waals surface area contributed by atoms with Crippen molar-refractivity contribution in [3.05, 3.63) is 54.1 Å². The van der Waals surface area contributed by atoms with Gasteiger partial charge in [-0.1, -0.05) is 13.8 Å². The number of carbonyl (C=O) groups is 1. The largest absolute Gasteiger partial charge is 0.497 e. The third kappa shape index (κ3) is 6.04. The number of amides is 1. The van der Waals surface area contributed by atoms with Gasteiger partial charge >= 0.3 is 0 Å². The highest BCUT2D eigenvalue weighted by molar-refractivity contribution is 7.89. The van der Waals surface area contributed by atoms with E-state index >= 15 is 0 Å². The fraction of sp³-hybridized carbons (Fsp3) is 0.458. The number of ether oxygens (including phenoxy) is 2. The Morgan fingerprint density at radius 1 is 1.03 bits per heavy atom. The summed E-state index contributed by atoms with van der Waals surface area (Å²) in [5, 5.41) is 0. The van der Waals surface area contributed by atoms with Crippen molar-refractivity contribution in [1.29, 1.82) is 0 Å². The van der Waals surface area contributed by atoms with Crippen LogP contribution in [-0.2, 0) is 14.8 Å². The summed E-state index contributed by atoms with van der Waals surface area (Å²) in [6.07, 6.45) is 1.00. The number of carbonyl (C=O) groups excluding carboxylic acids is 1. The van der Waals surface area contributed by atoms with Crippen molar-refractivity contribution in [2.24, 2.45) is 5.41 Å². The molecule has 1 amide bonds. The van der Waals surface area contributed by atoms with E-state index in [2.05, 4.69) is 0 Å². The first-order valence-electron chi connectivity index (χ1n) is 11.1. The van der Waals surface area contributed by atoms with Gasteiger partial charge in [0.25, 0.3) is 0 Å². The minimum atomic E-state index is -3.65. The van der Waals surface area contributed by atoms with Gasteiger partial charge in [-0.25, -0.2) is 17.2 Å². The third-order valence-electron chi connectivity index (χ3n) is 5.90. The average Bonchev–Trinajstić information content (AvgIpc) is 2.82. The van der Waals surface area contributed by atoms with Gasteiger partial charge in [-0.3, -0.25) is 4.79 Å². The van der Waals surface area contributed by atoms with Crippen molar-refractivity contribution in [3.8, 4) is 11.5 Å². The highest BCUT2D eigenvalue weighted by atomic mass is 32.2. The summed E-state index contributed by atoms with van der Waals surface area (Å²) in [7, 11) is -2.14. The summed E-state index contributed by atoms with van der Waals surface area (Å²) >= 11 is 0. The molecule has 186 valence electrons. The second-order valence-corrected chi connectivity index (χ2v) is 10.7. The Kier molecular flexibility index (Phi) is 8.14. The molecule has 1 saturated heterocycles. The maximum absolute atomic E-state index is 13.7. The van der Waals surface area contributed by atoms with E-state index in [1.165, 1.54) is 29.6 Å². The van der Waals surface area contributed by atoms with E-state index in [4.69, 9.17) is 9.47 Å². The number of sulfonamides is 1. The zero-order chi connectivity index (χ0) is 24.9. The van der Waals surface area contributed by atoms with Crippen LogP contribution in [-0.4, -0.2) is 63.4 Å². The molecule has 10 heteroatoms. The predicted octanol–water partition coefficient (Wildman–Crippen LogP) is 3.69. The van der Waals surface area contributed by atoms with Crippen molar-refractivity contribution < 1.29 is 31.5 Å². The topological polar surface area (TPSA) is 76.2 Å². The Bertz CT molecular complexity index is 1100. The number of halogens is 2. The van der Waals surface area contributed by atoms with Crippen molar-refractivity contribution in [2.45, 2.75) is 31.6 Å². The molecule has 0 atom stereocenters. The lowest BCUT2D eigenvalue weighted by Gasteiger charge is -2.38. The predicted molar refractivity (Wildman–Crippen MR) is 123 cm³/mol. The minimum Gasteiger partial charge on any atom is -0.497 e. The molecule has 0 radical (unpaired) electrons. The van der Waals surface area contributed by atoms with E-state index in [0.717, 1.165) is 12.1 Å². The van der Waals surface area contributed by atoms with Gasteiger partial charge in [0.2, 0.25) is 15.9 Å². The van der Waals surface area contributed by atoms with Crippen molar-refractivity contribution >= 4 is 15.9 Å². The monoisotopic (exact) mass is 496 g/mol. The Labute approximate surface area is 199 Å². The standard InChI is InChI=1S/C24H30F2N2O5S/c1-24(2,11-4-16-33-22-10-5-18(25)17-21(22)26)23(29)27-12-14-28(15-13-27)34(30,31)20-8-6-19(32-3)7-9-20/h5-10,17H,4,11-16H2,1-3H3. The first kappa shape index (κ1) is 25.9. The molecular weight excluding hydrogens is 466 g/mol. The van der Waals surface area contributed by atoms with Crippen LogP contribution in [0.5, 0.6) is 11.5 Å². The van der Waals surface area contributed by atoms with Crippen LogP contribution in [0.25, 0.3) is 0 Å². The first-order chi connectivity index (χ1) is 16.0. The summed E-state index contributed by atoms with van der Waals surface area (Å²) in [6, 6.07) is 9.34. The lowest BCUT2D eigenvalue weighted by atomic mass is 9.86. The number of benzene rings is 2. The van der Waals surface area contributed by atoms with Crippen LogP contribution in [0.2, 0.25) is 0 Å². The number of hydrogen-bond donors (Lipinski definition) is 0. The molecule has 2 aromatic rings. The normalized spacial score (nSPS) is 15.3. The Balaban J connectivity index is 1.50. The number of hydrogen-bond acceptors (Lipinski definition) is 5. The van der Waals surface area contributed by atoms with Crippen LogP contribution >= 0.6 is 0 Å². The maximum atomic E-state index is 13.7. The van der Waals surface area contributed by atoms with Crippen molar-refractivity contribution in [1.82, 2.24) is 9.21 Å². The van der Waals surface area contributed by atoms with Crippen molar-refractivity contribution in [2.75, 3.05) is 39.9 Å². The first-order valence-corrected chi connectivity index (χ1v) is 12.5. The molecule has 1 fully saturated rings. The number of methoxy groups -OCH3 is 1. The molecule has 0 saturated carbocycles. The fourth-order valence-corrected chi connectivity index (χ4v) is 5.27. The zero-order valence-corrected chi connectivity index (χ0v) is 20.4. The average molecular weight is 497 g/mol. The minimum absolute atomic E-state index is 0.0280. The Morgan fingerprint density at radius 3 is 2.26 bits per heavy atom. The number of nitrogens with zero attached hydrogens (tertiary/aromatic N) is 2. The van der Waals surface area contributed by atoms with Crippen LogP contribution in [0.1, 0.15) is 26.7 Å². The summed E-state index contributed by atoms with van der Waals surface area (Å²) in [4.78, 5) is 14.9. The maximum Gasteiger partial charge on any atom is 0.243 e. The second kappa shape index (κ2) is 10.7. The van der Waals surface area contributed by atoms with Crippen molar-refractivity contribution in [3.63, 3.8) is 0 Å². The number of rotatable bonds is 9. The fourth-order valence-electron chi connectivity index (χ4n) is 3.85. The zero-order valence-electron chi connectivity index (χ0n) is 19.6. The van der Waals surface area contributed by atoms with Gasteiger partial charge in [0.1, 0.15) is 11.6 Å². The highest BCUT2D eigenvalue weighted by Gasteiger charge is 2.36. The lowest BCUT2D eigenvalue weighted by molar-refractivity contribution is -0.142. The third-order valence-corrected chi connectivity index (χ3v) is 7.81. The van der Waals surface area contributed by atoms with E-state index < -0.39 is 27.1 Å². The van der Waals surface area contributed by atoms with Crippen LogP contribution in [0.4, 0.5) is 8.78 Å². The van der Waals surface area contributed by atoms with Gasteiger partial charge < -0.3 is 14.4 Å². The molecule has 1 aliphatic rings.